The molecule has 1 heterocycles. The van der Waals surface area contributed by atoms with Crippen LogP contribution < -0.4 is 10.6 Å². The van der Waals surface area contributed by atoms with Gasteiger partial charge in [-0.1, -0.05) is 36.4 Å². The SMILES string of the molecule is CN=C(NCCc1ccc(C)nc1)NC(C)CCc1ccccc1. The molecule has 0 bridgehead atoms. The van der Waals surface area contributed by atoms with Crippen molar-refractivity contribution in [2.75, 3.05) is 13.6 Å². The van der Waals surface area contributed by atoms with Crippen LogP contribution in [0, 0.1) is 6.92 Å². The molecule has 1 aromatic heterocycles. The first-order chi connectivity index (χ1) is 11.7. The fourth-order valence-electron chi connectivity index (χ4n) is 2.50. The lowest BCUT2D eigenvalue weighted by Crippen LogP contribution is -2.43. The van der Waals surface area contributed by atoms with Crippen molar-refractivity contribution in [2.24, 2.45) is 4.99 Å². The number of nitrogens with zero attached hydrogens (tertiary/aromatic N) is 2. The summed E-state index contributed by atoms with van der Waals surface area (Å²) in [4.78, 5) is 8.63. The average Bonchev–Trinajstić information content (AvgIpc) is 2.61. The van der Waals surface area contributed by atoms with Crippen molar-refractivity contribution >= 4 is 5.96 Å². The summed E-state index contributed by atoms with van der Waals surface area (Å²) in [5.41, 5.74) is 3.66. The van der Waals surface area contributed by atoms with E-state index in [1.165, 1.54) is 11.1 Å². The van der Waals surface area contributed by atoms with Gasteiger partial charge in [-0.3, -0.25) is 9.98 Å². The Morgan fingerprint density at radius 1 is 1.08 bits per heavy atom. The molecule has 0 fully saturated rings. The molecule has 24 heavy (non-hydrogen) atoms. The minimum atomic E-state index is 0.373. The molecule has 2 aromatic rings. The zero-order valence-corrected chi connectivity index (χ0v) is 14.9. The van der Waals surface area contributed by atoms with E-state index < -0.39 is 0 Å². The van der Waals surface area contributed by atoms with Crippen LogP contribution in [0.5, 0.6) is 0 Å². The monoisotopic (exact) mass is 324 g/mol. The molecule has 0 radical (unpaired) electrons. The van der Waals surface area contributed by atoms with Gasteiger partial charge in [-0.15, -0.1) is 0 Å². The highest BCUT2D eigenvalue weighted by Gasteiger charge is 2.05. The van der Waals surface area contributed by atoms with Crippen LogP contribution in [0.25, 0.3) is 0 Å². The lowest BCUT2D eigenvalue weighted by Gasteiger charge is -2.18. The van der Waals surface area contributed by atoms with Crippen LogP contribution >= 0.6 is 0 Å². The average molecular weight is 324 g/mol. The highest BCUT2D eigenvalue weighted by molar-refractivity contribution is 5.79. The minimum Gasteiger partial charge on any atom is -0.356 e. The summed E-state index contributed by atoms with van der Waals surface area (Å²) in [6.07, 6.45) is 5.02. The van der Waals surface area contributed by atoms with Crippen molar-refractivity contribution in [1.82, 2.24) is 15.6 Å². The summed E-state index contributed by atoms with van der Waals surface area (Å²) in [7, 11) is 1.81. The van der Waals surface area contributed by atoms with Gasteiger partial charge in [0.1, 0.15) is 0 Å². The van der Waals surface area contributed by atoms with Gasteiger partial charge in [0.05, 0.1) is 0 Å². The van der Waals surface area contributed by atoms with Gasteiger partial charge in [0.25, 0.3) is 0 Å². The van der Waals surface area contributed by atoms with E-state index in [2.05, 4.69) is 63.9 Å². The summed E-state index contributed by atoms with van der Waals surface area (Å²) in [5, 5.41) is 6.83. The van der Waals surface area contributed by atoms with Gasteiger partial charge in [0.15, 0.2) is 5.96 Å². The number of pyridine rings is 1. The van der Waals surface area contributed by atoms with Crippen LogP contribution in [0.3, 0.4) is 0 Å². The first-order valence-corrected chi connectivity index (χ1v) is 8.60. The lowest BCUT2D eigenvalue weighted by atomic mass is 10.1. The van der Waals surface area contributed by atoms with Crippen molar-refractivity contribution in [1.29, 1.82) is 0 Å². The summed E-state index contributed by atoms with van der Waals surface area (Å²) >= 11 is 0. The standard InChI is InChI=1S/C20H28N4/c1-16-9-12-19(15-23-16)13-14-22-20(21-3)24-17(2)10-11-18-7-5-4-6-8-18/h4-9,12,15,17H,10-11,13-14H2,1-3H3,(H2,21,22,24). The molecule has 0 saturated heterocycles. The molecule has 0 aliphatic carbocycles. The first kappa shape index (κ1) is 18.0. The summed E-state index contributed by atoms with van der Waals surface area (Å²) in [6, 6.07) is 15.1. The van der Waals surface area contributed by atoms with Crippen molar-refractivity contribution in [3.63, 3.8) is 0 Å². The zero-order chi connectivity index (χ0) is 17.2. The van der Waals surface area contributed by atoms with Crippen LogP contribution in [0.15, 0.2) is 53.7 Å². The Hall–Kier alpha value is -2.36. The number of benzene rings is 1. The predicted molar refractivity (Wildman–Crippen MR) is 101 cm³/mol. The molecule has 4 nitrogen and oxygen atoms in total. The van der Waals surface area contributed by atoms with Crippen molar-refractivity contribution in [3.8, 4) is 0 Å². The number of aliphatic imine (C=N–C) groups is 1. The highest BCUT2D eigenvalue weighted by Crippen LogP contribution is 2.04. The second-order valence-corrected chi connectivity index (χ2v) is 6.13. The summed E-state index contributed by atoms with van der Waals surface area (Å²) < 4.78 is 0. The maximum absolute atomic E-state index is 4.32. The molecule has 1 atom stereocenters. The molecule has 0 amide bonds. The minimum absolute atomic E-state index is 0.373. The van der Waals surface area contributed by atoms with Crippen LogP contribution in [0.2, 0.25) is 0 Å². The second-order valence-electron chi connectivity index (χ2n) is 6.13. The van der Waals surface area contributed by atoms with E-state index in [0.29, 0.717) is 6.04 Å². The van der Waals surface area contributed by atoms with Crippen LogP contribution in [0.4, 0.5) is 0 Å². The molecule has 0 spiro atoms. The molecule has 128 valence electrons. The normalized spacial score (nSPS) is 12.7. The van der Waals surface area contributed by atoms with E-state index >= 15 is 0 Å². The van der Waals surface area contributed by atoms with Gasteiger partial charge < -0.3 is 10.6 Å². The molecule has 2 N–H and O–H groups in total. The predicted octanol–water partition coefficient (Wildman–Crippen LogP) is 3.12. The number of rotatable bonds is 7. The lowest BCUT2D eigenvalue weighted by molar-refractivity contribution is 0.593. The number of aryl methyl sites for hydroxylation is 2. The Balaban J connectivity index is 1.70. The highest BCUT2D eigenvalue weighted by atomic mass is 15.2. The molecule has 2 rings (SSSR count). The topological polar surface area (TPSA) is 49.3 Å². The molecule has 1 aromatic carbocycles. The Bertz CT molecular complexity index is 620. The van der Waals surface area contributed by atoms with Crippen LogP contribution in [-0.4, -0.2) is 30.6 Å². The van der Waals surface area contributed by atoms with E-state index in [-0.39, 0.29) is 0 Å². The van der Waals surface area contributed by atoms with Gasteiger partial charge in [0.2, 0.25) is 0 Å². The third kappa shape index (κ3) is 6.41. The molecule has 0 aliphatic heterocycles. The molecular formula is C20H28N4. The molecule has 4 heteroatoms. The Labute approximate surface area is 145 Å². The van der Waals surface area contributed by atoms with Crippen molar-refractivity contribution < 1.29 is 0 Å². The number of hydrogen-bond acceptors (Lipinski definition) is 2. The van der Waals surface area contributed by atoms with Crippen LogP contribution in [-0.2, 0) is 12.8 Å². The Morgan fingerprint density at radius 2 is 1.88 bits per heavy atom. The number of aromatic nitrogens is 1. The van der Waals surface area contributed by atoms with Gasteiger partial charge in [-0.25, -0.2) is 0 Å². The fraction of sp³-hybridized carbons (Fsp3) is 0.400. The van der Waals surface area contributed by atoms with E-state index in [1.54, 1.807) is 0 Å². The van der Waals surface area contributed by atoms with Crippen LogP contribution in [0.1, 0.15) is 30.2 Å². The van der Waals surface area contributed by atoms with Gasteiger partial charge >= 0.3 is 0 Å². The van der Waals surface area contributed by atoms with Crippen molar-refractivity contribution in [3.05, 3.63) is 65.5 Å². The molecule has 1 unspecified atom stereocenters. The third-order valence-electron chi connectivity index (χ3n) is 3.99. The maximum atomic E-state index is 4.32. The maximum Gasteiger partial charge on any atom is 0.191 e. The second kappa shape index (κ2) is 9.71. The van der Waals surface area contributed by atoms with Gasteiger partial charge in [-0.2, -0.15) is 0 Å². The smallest absolute Gasteiger partial charge is 0.191 e. The number of hydrogen-bond donors (Lipinski definition) is 2. The first-order valence-electron chi connectivity index (χ1n) is 8.60. The number of guanidine groups is 1. The molecule has 0 saturated carbocycles. The largest absolute Gasteiger partial charge is 0.356 e. The zero-order valence-electron chi connectivity index (χ0n) is 14.9. The van der Waals surface area contributed by atoms with Crippen molar-refractivity contribution in [2.45, 2.75) is 39.2 Å². The van der Waals surface area contributed by atoms with E-state index in [0.717, 1.165) is 37.5 Å². The fourth-order valence-corrected chi connectivity index (χ4v) is 2.50. The molecule has 0 aliphatic rings. The van der Waals surface area contributed by atoms with E-state index in [4.69, 9.17) is 0 Å². The summed E-state index contributed by atoms with van der Waals surface area (Å²) in [6.45, 7) is 5.04. The third-order valence-corrected chi connectivity index (χ3v) is 3.99. The Morgan fingerprint density at radius 3 is 2.54 bits per heavy atom. The number of nitrogens with one attached hydrogen (secondary N) is 2. The summed E-state index contributed by atoms with van der Waals surface area (Å²) in [5.74, 6) is 0.857. The van der Waals surface area contributed by atoms with E-state index in [1.807, 2.05) is 26.2 Å². The van der Waals surface area contributed by atoms with Gasteiger partial charge in [-0.05, 0) is 50.3 Å². The Kier molecular flexibility index (Phi) is 7.27. The van der Waals surface area contributed by atoms with Gasteiger partial charge in [0, 0.05) is 31.5 Å². The quantitative estimate of drug-likeness (QED) is 0.608. The molecular weight excluding hydrogens is 296 g/mol. The van der Waals surface area contributed by atoms with E-state index in [9.17, 15) is 0 Å².